The van der Waals surface area contributed by atoms with Crippen LogP contribution >= 0.6 is 0 Å². The van der Waals surface area contributed by atoms with Crippen molar-refractivity contribution in [3.63, 3.8) is 0 Å². The zero-order chi connectivity index (χ0) is 11.5. The molecule has 1 aliphatic rings. The Morgan fingerprint density at radius 1 is 1.60 bits per heavy atom. The quantitative estimate of drug-likeness (QED) is 0.527. The van der Waals surface area contributed by atoms with Gasteiger partial charge in [-0.1, -0.05) is 33.8 Å². The topological polar surface area (TPSA) is 26.3 Å². The van der Waals surface area contributed by atoms with E-state index < -0.39 is 0 Å². The fraction of sp³-hybridized carbons (Fsp3) is 0.769. The maximum atomic E-state index is 11.4. The van der Waals surface area contributed by atoms with Gasteiger partial charge in [-0.15, -0.1) is 0 Å². The Hall–Kier alpha value is -0.790. The highest BCUT2D eigenvalue weighted by molar-refractivity contribution is 5.81. The Morgan fingerprint density at radius 3 is 2.73 bits per heavy atom. The van der Waals surface area contributed by atoms with E-state index in [1.807, 2.05) is 0 Å². The van der Waals surface area contributed by atoms with E-state index in [4.69, 9.17) is 4.74 Å². The average molecular weight is 210 g/mol. The number of carbonyl (C=O) groups is 1. The van der Waals surface area contributed by atoms with Gasteiger partial charge in [0.1, 0.15) is 5.60 Å². The zero-order valence-corrected chi connectivity index (χ0v) is 10.1. The van der Waals surface area contributed by atoms with Gasteiger partial charge in [-0.05, 0) is 31.1 Å². The summed E-state index contributed by atoms with van der Waals surface area (Å²) in [6, 6.07) is 0. The van der Waals surface area contributed by atoms with Crippen LogP contribution in [0.5, 0.6) is 0 Å². The Balaban J connectivity index is 2.77. The minimum absolute atomic E-state index is 0.247. The molecule has 0 saturated heterocycles. The van der Waals surface area contributed by atoms with Crippen LogP contribution in [0.15, 0.2) is 12.7 Å². The SMILES string of the molecule is C=CC(=O)OC1(C(C)C)CCCC(C)C1. The molecule has 0 aliphatic heterocycles. The molecule has 0 bridgehead atoms. The van der Waals surface area contributed by atoms with Crippen molar-refractivity contribution in [2.45, 2.75) is 52.1 Å². The summed E-state index contributed by atoms with van der Waals surface area (Å²) in [5.41, 5.74) is -0.247. The largest absolute Gasteiger partial charge is 0.456 e. The van der Waals surface area contributed by atoms with Crippen molar-refractivity contribution >= 4 is 5.97 Å². The molecule has 0 radical (unpaired) electrons. The minimum atomic E-state index is -0.280. The molecule has 2 unspecified atom stereocenters. The number of carbonyl (C=O) groups excluding carboxylic acids is 1. The summed E-state index contributed by atoms with van der Waals surface area (Å²) in [7, 11) is 0. The molecule has 2 atom stereocenters. The minimum Gasteiger partial charge on any atom is -0.456 e. The second kappa shape index (κ2) is 4.82. The van der Waals surface area contributed by atoms with Crippen LogP contribution < -0.4 is 0 Å². The lowest BCUT2D eigenvalue weighted by atomic mass is 9.73. The van der Waals surface area contributed by atoms with Gasteiger partial charge >= 0.3 is 5.97 Å². The fourth-order valence-corrected chi connectivity index (χ4v) is 2.52. The smallest absolute Gasteiger partial charge is 0.330 e. The zero-order valence-electron chi connectivity index (χ0n) is 10.1. The molecule has 0 heterocycles. The van der Waals surface area contributed by atoms with Crippen LogP contribution in [0.3, 0.4) is 0 Å². The monoisotopic (exact) mass is 210 g/mol. The summed E-state index contributed by atoms with van der Waals surface area (Å²) in [5.74, 6) is 0.751. The molecular formula is C13H22O2. The fourth-order valence-electron chi connectivity index (χ4n) is 2.52. The van der Waals surface area contributed by atoms with Crippen molar-refractivity contribution in [2.75, 3.05) is 0 Å². The highest BCUT2D eigenvalue weighted by Gasteiger charge is 2.40. The third-order valence-electron chi connectivity index (χ3n) is 3.51. The average Bonchev–Trinajstić information content (AvgIpc) is 2.17. The van der Waals surface area contributed by atoms with Gasteiger partial charge in [0, 0.05) is 6.08 Å². The van der Waals surface area contributed by atoms with Gasteiger partial charge in [-0.2, -0.15) is 0 Å². The van der Waals surface area contributed by atoms with E-state index in [1.165, 1.54) is 12.5 Å². The van der Waals surface area contributed by atoms with Crippen LogP contribution in [0.4, 0.5) is 0 Å². The Bertz CT molecular complexity index is 245. The summed E-state index contributed by atoms with van der Waals surface area (Å²) in [6.07, 6.45) is 5.66. The molecule has 1 aliphatic carbocycles. The first kappa shape index (κ1) is 12.3. The van der Waals surface area contributed by atoms with E-state index in [9.17, 15) is 4.79 Å². The second-order valence-corrected chi connectivity index (χ2v) is 5.05. The van der Waals surface area contributed by atoms with Crippen LogP contribution in [-0.4, -0.2) is 11.6 Å². The third-order valence-corrected chi connectivity index (χ3v) is 3.51. The van der Waals surface area contributed by atoms with Gasteiger partial charge in [-0.25, -0.2) is 4.79 Å². The van der Waals surface area contributed by atoms with Gasteiger partial charge in [-0.3, -0.25) is 0 Å². The van der Waals surface area contributed by atoms with E-state index in [0.717, 1.165) is 19.3 Å². The van der Waals surface area contributed by atoms with Gasteiger partial charge in [0.15, 0.2) is 0 Å². The van der Waals surface area contributed by atoms with E-state index in [-0.39, 0.29) is 11.6 Å². The lowest BCUT2D eigenvalue weighted by molar-refractivity contribution is -0.165. The molecule has 0 spiro atoms. The van der Waals surface area contributed by atoms with Gasteiger partial charge in [0.2, 0.25) is 0 Å². The first-order chi connectivity index (χ1) is 7.00. The molecule has 1 saturated carbocycles. The number of hydrogen-bond donors (Lipinski definition) is 0. The number of esters is 1. The van der Waals surface area contributed by atoms with Crippen molar-refractivity contribution in [3.8, 4) is 0 Å². The van der Waals surface area contributed by atoms with Crippen LogP contribution in [0.1, 0.15) is 46.5 Å². The normalized spacial score (nSPS) is 31.3. The third kappa shape index (κ3) is 2.83. The number of hydrogen-bond acceptors (Lipinski definition) is 2. The Morgan fingerprint density at radius 2 is 2.27 bits per heavy atom. The molecule has 0 aromatic carbocycles. The molecule has 1 fully saturated rings. The maximum absolute atomic E-state index is 11.4. The number of ether oxygens (including phenoxy) is 1. The van der Waals surface area contributed by atoms with Gasteiger partial charge in [0.25, 0.3) is 0 Å². The molecule has 2 heteroatoms. The van der Waals surface area contributed by atoms with Gasteiger partial charge < -0.3 is 4.74 Å². The number of rotatable bonds is 3. The van der Waals surface area contributed by atoms with Crippen molar-refractivity contribution < 1.29 is 9.53 Å². The molecule has 1 rings (SSSR count). The van der Waals surface area contributed by atoms with Gasteiger partial charge in [0.05, 0.1) is 0 Å². The summed E-state index contributed by atoms with van der Waals surface area (Å²) < 4.78 is 5.60. The van der Waals surface area contributed by atoms with E-state index in [1.54, 1.807) is 0 Å². The molecule has 0 amide bonds. The summed E-state index contributed by atoms with van der Waals surface area (Å²) in [5, 5.41) is 0. The predicted octanol–water partition coefficient (Wildman–Crippen LogP) is 3.32. The lowest BCUT2D eigenvalue weighted by Gasteiger charge is -2.42. The van der Waals surface area contributed by atoms with E-state index in [2.05, 4.69) is 27.4 Å². The first-order valence-electron chi connectivity index (χ1n) is 5.85. The summed E-state index contributed by atoms with van der Waals surface area (Å²) in [6.45, 7) is 9.96. The molecule has 0 aromatic rings. The molecule has 0 N–H and O–H groups in total. The lowest BCUT2D eigenvalue weighted by Crippen LogP contribution is -2.43. The van der Waals surface area contributed by atoms with Crippen LogP contribution in [0.25, 0.3) is 0 Å². The van der Waals surface area contributed by atoms with Crippen molar-refractivity contribution in [1.29, 1.82) is 0 Å². The summed E-state index contributed by atoms with van der Waals surface area (Å²) in [4.78, 5) is 11.4. The molecule has 0 aromatic heterocycles. The molecular weight excluding hydrogens is 188 g/mol. The first-order valence-corrected chi connectivity index (χ1v) is 5.85. The van der Waals surface area contributed by atoms with Crippen molar-refractivity contribution in [1.82, 2.24) is 0 Å². The van der Waals surface area contributed by atoms with E-state index in [0.29, 0.717) is 11.8 Å². The Labute approximate surface area is 92.7 Å². The summed E-state index contributed by atoms with van der Waals surface area (Å²) >= 11 is 0. The molecule has 15 heavy (non-hydrogen) atoms. The van der Waals surface area contributed by atoms with E-state index >= 15 is 0 Å². The predicted molar refractivity (Wildman–Crippen MR) is 61.5 cm³/mol. The van der Waals surface area contributed by atoms with Crippen LogP contribution in [0, 0.1) is 11.8 Å². The maximum Gasteiger partial charge on any atom is 0.330 e. The standard InChI is InChI=1S/C13H22O2/c1-5-12(14)15-13(10(2)3)8-6-7-11(4)9-13/h5,10-11H,1,6-9H2,2-4H3. The molecule has 86 valence electrons. The second-order valence-electron chi connectivity index (χ2n) is 5.05. The van der Waals surface area contributed by atoms with Crippen LogP contribution in [0.2, 0.25) is 0 Å². The molecule has 2 nitrogen and oxygen atoms in total. The highest BCUT2D eigenvalue weighted by Crippen LogP contribution is 2.40. The Kier molecular flexibility index (Phi) is 3.95. The van der Waals surface area contributed by atoms with Crippen LogP contribution in [-0.2, 0) is 9.53 Å². The van der Waals surface area contributed by atoms with Crippen molar-refractivity contribution in [2.24, 2.45) is 11.8 Å². The van der Waals surface area contributed by atoms with Crippen molar-refractivity contribution in [3.05, 3.63) is 12.7 Å². The highest BCUT2D eigenvalue weighted by atomic mass is 16.6.